The van der Waals surface area contributed by atoms with Gasteiger partial charge in [0.05, 0.1) is 23.2 Å². The van der Waals surface area contributed by atoms with Crippen molar-refractivity contribution in [3.63, 3.8) is 0 Å². The van der Waals surface area contributed by atoms with E-state index < -0.39 is 10.0 Å². The van der Waals surface area contributed by atoms with Crippen molar-refractivity contribution in [3.8, 4) is 0 Å². The number of sulfonamides is 1. The first kappa shape index (κ1) is 21.0. The minimum atomic E-state index is -3.11. The van der Waals surface area contributed by atoms with E-state index in [1.807, 2.05) is 11.8 Å². The quantitative estimate of drug-likeness (QED) is 0.695. The summed E-state index contributed by atoms with van der Waals surface area (Å²) in [6.07, 6.45) is 8.28. The molecule has 2 aliphatic carbocycles. The molecule has 2 N–H and O–H groups in total. The van der Waals surface area contributed by atoms with E-state index in [-0.39, 0.29) is 11.2 Å². The molecule has 170 valence electrons. The third kappa shape index (κ3) is 3.91. The van der Waals surface area contributed by atoms with Gasteiger partial charge in [0.1, 0.15) is 5.82 Å². The molecule has 9 heteroatoms. The van der Waals surface area contributed by atoms with Gasteiger partial charge in [0.15, 0.2) is 0 Å². The minimum absolute atomic E-state index is 0.0757. The van der Waals surface area contributed by atoms with Crippen LogP contribution in [0.4, 0.5) is 11.5 Å². The van der Waals surface area contributed by atoms with Gasteiger partial charge in [0.25, 0.3) is 5.91 Å². The Labute approximate surface area is 184 Å². The lowest BCUT2D eigenvalue weighted by Crippen LogP contribution is -2.52. The van der Waals surface area contributed by atoms with E-state index in [1.54, 1.807) is 6.20 Å². The summed E-state index contributed by atoms with van der Waals surface area (Å²) in [4.78, 5) is 21.9. The maximum atomic E-state index is 13.0. The zero-order valence-corrected chi connectivity index (χ0v) is 19.2. The van der Waals surface area contributed by atoms with Crippen molar-refractivity contribution in [2.24, 2.45) is 5.92 Å². The van der Waals surface area contributed by atoms with E-state index in [2.05, 4.69) is 26.8 Å². The van der Waals surface area contributed by atoms with Gasteiger partial charge in [-0.1, -0.05) is 0 Å². The lowest BCUT2D eigenvalue weighted by atomic mass is 9.84. The van der Waals surface area contributed by atoms with Crippen LogP contribution in [-0.4, -0.2) is 61.3 Å². The second kappa shape index (κ2) is 7.92. The van der Waals surface area contributed by atoms with Gasteiger partial charge in [-0.25, -0.2) is 18.1 Å². The number of carbonyl (C=O) groups is 1. The molecule has 1 amide bonds. The van der Waals surface area contributed by atoms with Crippen LogP contribution in [0.2, 0.25) is 0 Å². The van der Waals surface area contributed by atoms with Crippen LogP contribution < -0.4 is 14.9 Å². The predicted octanol–water partition coefficient (Wildman–Crippen LogP) is 2.32. The normalized spacial score (nSPS) is 28.3. The maximum Gasteiger partial charge on any atom is 0.258 e. The number of fused-ring (bicyclic) bond motifs is 3. The zero-order valence-electron chi connectivity index (χ0n) is 18.4. The minimum Gasteiger partial charge on any atom is -0.367 e. The van der Waals surface area contributed by atoms with E-state index in [4.69, 9.17) is 0 Å². The molecule has 8 nitrogen and oxygen atoms in total. The standard InChI is InChI=1S/C22H33N5O3S/c1-3-26-13-27(20-18-10-14(2)25-21(18)23-12-19(20)22(26)28)16-6-4-15(5-7-16)11-24-31(29,30)17-8-9-17/h12,14-17,24H,3-11,13H2,1-2H3,(H,23,25). The molecule has 31 heavy (non-hydrogen) atoms. The van der Waals surface area contributed by atoms with E-state index in [1.165, 1.54) is 5.56 Å². The number of hydrogen-bond acceptors (Lipinski definition) is 6. The first-order valence-corrected chi connectivity index (χ1v) is 13.2. The van der Waals surface area contributed by atoms with Crippen LogP contribution in [0.5, 0.6) is 0 Å². The molecule has 4 aliphatic rings. The molecule has 2 aliphatic heterocycles. The van der Waals surface area contributed by atoms with Gasteiger partial charge in [-0.3, -0.25) is 4.79 Å². The van der Waals surface area contributed by atoms with Gasteiger partial charge in [-0.05, 0) is 64.7 Å². The number of aromatic nitrogens is 1. The van der Waals surface area contributed by atoms with Crippen molar-refractivity contribution in [1.82, 2.24) is 14.6 Å². The van der Waals surface area contributed by atoms with Crippen molar-refractivity contribution in [2.75, 3.05) is 30.0 Å². The number of rotatable bonds is 6. The smallest absolute Gasteiger partial charge is 0.258 e. The SMILES string of the molecule is CCN1CN(C2CCC(CNS(=O)(=O)C3CC3)CC2)c2c(cnc3c2CC(C)N3)C1=O. The van der Waals surface area contributed by atoms with Crippen molar-refractivity contribution < 1.29 is 13.2 Å². The summed E-state index contributed by atoms with van der Waals surface area (Å²) in [5, 5.41) is 3.28. The fourth-order valence-electron chi connectivity index (χ4n) is 5.36. The topological polar surface area (TPSA) is 94.6 Å². The summed E-state index contributed by atoms with van der Waals surface area (Å²) >= 11 is 0. The van der Waals surface area contributed by atoms with Gasteiger partial charge < -0.3 is 15.1 Å². The Morgan fingerprint density at radius 2 is 1.94 bits per heavy atom. The molecule has 0 bridgehead atoms. The molecule has 3 heterocycles. The van der Waals surface area contributed by atoms with Crippen LogP contribution in [0.25, 0.3) is 0 Å². The lowest BCUT2D eigenvalue weighted by Gasteiger charge is -2.45. The predicted molar refractivity (Wildman–Crippen MR) is 121 cm³/mol. The molecular formula is C22H33N5O3S. The van der Waals surface area contributed by atoms with E-state index in [9.17, 15) is 13.2 Å². The Morgan fingerprint density at radius 1 is 1.19 bits per heavy atom. The van der Waals surface area contributed by atoms with Crippen molar-refractivity contribution in [2.45, 2.75) is 76.1 Å². The number of amides is 1. The Hall–Kier alpha value is -1.87. The molecule has 1 unspecified atom stereocenters. The van der Waals surface area contributed by atoms with Crippen molar-refractivity contribution >= 4 is 27.4 Å². The Kier molecular flexibility index (Phi) is 5.37. The molecule has 1 atom stereocenters. The van der Waals surface area contributed by atoms with Gasteiger partial charge in [0, 0.05) is 36.9 Å². The third-order valence-electron chi connectivity index (χ3n) is 7.35. The molecule has 0 radical (unpaired) electrons. The zero-order chi connectivity index (χ0) is 21.8. The summed E-state index contributed by atoms with van der Waals surface area (Å²) < 4.78 is 27.2. The highest BCUT2D eigenvalue weighted by atomic mass is 32.2. The molecule has 0 saturated heterocycles. The van der Waals surface area contributed by atoms with E-state index in [0.29, 0.717) is 37.8 Å². The van der Waals surface area contributed by atoms with Crippen molar-refractivity contribution in [1.29, 1.82) is 0 Å². The lowest BCUT2D eigenvalue weighted by molar-refractivity contribution is 0.0740. The molecule has 5 rings (SSSR count). The number of pyridine rings is 1. The summed E-state index contributed by atoms with van der Waals surface area (Å²) in [6, 6.07) is 0.685. The number of nitrogens with one attached hydrogen (secondary N) is 2. The fraction of sp³-hybridized carbons (Fsp3) is 0.727. The van der Waals surface area contributed by atoms with Gasteiger partial charge in [-0.15, -0.1) is 0 Å². The molecule has 1 aromatic heterocycles. The Balaban J connectivity index is 1.32. The summed E-state index contributed by atoms with van der Waals surface area (Å²) in [7, 11) is -3.11. The largest absolute Gasteiger partial charge is 0.367 e. The summed E-state index contributed by atoms with van der Waals surface area (Å²) in [6.45, 7) is 6.03. The molecule has 2 fully saturated rings. The average molecular weight is 448 g/mol. The number of nitrogens with zero attached hydrogens (tertiary/aromatic N) is 3. The highest BCUT2D eigenvalue weighted by molar-refractivity contribution is 7.90. The van der Waals surface area contributed by atoms with E-state index >= 15 is 0 Å². The third-order valence-corrected chi connectivity index (χ3v) is 9.26. The maximum absolute atomic E-state index is 13.0. The molecule has 0 aromatic carbocycles. The van der Waals surface area contributed by atoms with Crippen LogP contribution in [0.1, 0.15) is 68.3 Å². The van der Waals surface area contributed by atoms with E-state index in [0.717, 1.165) is 62.0 Å². The van der Waals surface area contributed by atoms with Crippen LogP contribution in [0, 0.1) is 5.92 Å². The summed E-state index contributed by atoms with van der Waals surface area (Å²) in [5.74, 6) is 1.38. The van der Waals surface area contributed by atoms with Crippen LogP contribution in [0.15, 0.2) is 6.20 Å². The average Bonchev–Trinajstić information content (AvgIpc) is 3.55. The second-order valence-corrected chi connectivity index (χ2v) is 11.7. The number of carbonyl (C=O) groups excluding carboxylic acids is 1. The van der Waals surface area contributed by atoms with Crippen LogP contribution in [-0.2, 0) is 16.4 Å². The fourth-order valence-corrected chi connectivity index (χ4v) is 6.82. The Morgan fingerprint density at radius 3 is 2.61 bits per heavy atom. The number of hydrogen-bond donors (Lipinski definition) is 2. The van der Waals surface area contributed by atoms with Gasteiger partial charge in [-0.2, -0.15) is 0 Å². The summed E-state index contributed by atoms with van der Waals surface area (Å²) in [5.41, 5.74) is 2.98. The van der Waals surface area contributed by atoms with Crippen LogP contribution >= 0.6 is 0 Å². The highest BCUT2D eigenvalue weighted by Gasteiger charge is 2.39. The monoisotopic (exact) mass is 447 g/mol. The molecule has 0 spiro atoms. The first-order chi connectivity index (χ1) is 14.9. The van der Waals surface area contributed by atoms with Crippen LogP contribution in [0.3, 0.4) is 0 Å². The Bertz CT molecular complexity index is 970. The second-order valence-electron chi connectivity index (χ2n) is 9.64. The highest BCUT2D eigenvalue weighted by Crippen LogP contribution is 2.41. The molecule has 2 saturated carbocycles. The van der Waals surface area contributed by atoms with Gasteiger partial charge >= 0.3 is 0 Å². The first-order valence-electron chi connectivity index (χ1n) is 11.7. The number of anilines is 2. The van der Waals surface area contributed by atoms with Crippen molar-refractivity contribution in [3.05, 3.63) is 17.3 Å². The van der Waals surface area contributed by atoms with Gasteiger partial charge in [0.2, 0.25) is 10.0 Å². The molecular weight excluding hydrogens is 414 g/mol. The molecule has 1 aromatic rings.